The van der Waals surface area contributed by atoms with Crippen LogP contribution in [0.1, 0.15) is 38.5 Å². The van der Waals surface area contributed by atoms with Crippen molar-refractivity contribution in [3.63, 3.8) is 0 Å². The lowest BCUT2D eigenvalue weighted by Crippen LogP contribution is -2.35. The summed E-state index contributed by atoms with van der Waals surface area (Å²) in [6.45, 7) is 2.05. The molecular formula is C19H25N5O2. The van der Waals surface area contributed by atoms with Crippen LogP contribution in [0.15, 0.2) is 28.6 Å². The number of terminal acetylenes is 1. The number of rotatable bonds is 8. The van der Waals surface area contributed by atoms with Gasteiger partial charge in [0, 0.05) is 56.7 Å². The van der Waals surface area contributed by atoms with E-state index in [1.54, 1.807) is 18.3 Å². The number of nitrogens with one attached hydrogen (secondary N) is 1. The maximum atomic E-state index is 12.2. The Labute approximate surface area is 154 Å². The summed E-state index contributed by atoms with van der Waals surface area (Å²) in [5, 5.41) is 11.0. The minimum Gasteiger partial charge on any atom is -0.474 e. The molecule has 2 aliphatic rings. The van der Waals surface area contributed by atoms with Crippen LogP contribution in [0.25, 0.3) is 0 Å². The van der Waals surface area contributed by atoms with Crippen LogP contribution in [0.5, 0.6) is 5.88 Å². The lowest BCUT2D eigenvalue weighted by molar-refractivity contribution is -0.116. The van der Waals surface area contributed by atoms with E-state index in [9.17, 15) is 4.79 Å². The standard InChI is InChI=1S/C19H25N5O2/c1-3-4-9-19(22-23-19)10-5-17(25)21-15-6-11-20-18(14-15)26-16-7-12-24(2)13-8-16/h1,6,11,14,16H,4-5,7-10,12-13H2,2H3,(H,20,21,25). The Morgan fingerprint density at radius 3 is 2.88 bits per heavy atom. The molecular weight excluding hydrogens is 330 g/mol. The third-order valence-corrected chi connectivity index (χ3v) is 4.78. The van der Waals surface area contributed by atoms with E-state index in [0.717, 1.165) is 25.9 Å². The number of aromatic nitrogens is 1. The lowest BCUT2D eigenvalue weighted by atomic mass is 10.0. The molecule has 3 rings (SSSR count). The molecule has 2 aliphatic heterocycles. The van der Waals surface area contributed by atoms with Crippen molar-refractivity contribution in [2.45, 2.75) is 50.3 Å². The van der Waals surface area contributed by atoms with E-state index in [1.165, 1.54) is 0 Å². The van der Waals surface area contributed by atoms with Gasteiger partial charge in [-0.2, -0.15) is 10.2 Å². The average molecular weight is 355 g/mol. The van der Waals surface area contributed by atoms with E-state index in [1.807, 2.05) is 0 Å². The second-order valence-electron chi connectivity index (χ2n) is 6.94. The number of pyridine rings is 1. The highest BCUT2D eigenvalue weighted by Gasteiger charge is 2.39. The first-order chi connectivity index (χ1) is 12.6. The molecule has 1 aromatic heterocycles. The van der Waals surface area contributed by atoms with Crippen LogP contribution in [0.4, 0.5) is 5.69 Å². The number of hydrogen-bond acceptors (Lipinski definition) is 6. The largest absolute Gasteiger partial charge is 0.474 e. The van der Waals surface area contributed by atoms with Gasteiger partial charge in [0.1, 0.15) is 6.10 Å². The van der Waals surface area contributed by atoms with E-state index < -0.39 is 5.66 Å². The zero-order chi connectivity index (χ0) is 18.4. The van der Waals surface area contributed by atoms with Crippen LogP contribution in [0.2, 0.25) is 0 Å². The maximum absolute atomic E-state index is 12.2. The molecule has 0 unspecified atom stereocenters. The monoisotopic (exact) mass is 355 g/mol. The van der Waals surface area contributed by atoms with Crippen LogP contribution < -0.4 is 10.1 Å². The van der Waals surface area contributed by atoms with E-state index in [2.05, 4.69) is 38.4 Å². The molecule has 0 saturated carbocycles. The molecule has 7 heteroatoms. The van der Waals surface area contributed by atoms with Crippen molar-refractivity contribution in [3.8, 4) is 18.2 Å². The Morgan fingerprint density at radius 2 is 2.19 bits per heavy atom. The molecule has 0 spiro atoms. The number of nitrogens with zero attached hydrogens (tertiary/aromatic N) is 4. The minimum absolute atomic E-state index is 0.0705. The van der Waals surface area contributed by atoms with Crippen LogP contribution in [0, 0.1) is 12.3 Å². The van der Waals surface area contributed by atoms with Crippen molar-refractivity contribution < 1.29 is 9.53 Å². The molecule has 0 aromatic carbocycles. The van der Waals surface area contributed by atoms with Crippen LogP contribution in [-0.4, -0.2) is 47.7 Å². The molecule has 1 amide bonds. The van der Waals surface area contributed by atoms with Gasteiger partial charge in [0.25, 0.3) is 0 Å². The van der Waals surface area contributed by atoms with Gasteiger partial charge in [-0.3, -0.25) is 4.79 Å². The number of ether oxygens (including phenoxy) is 1. The number of likely N-dealkylation sites (tertiary alicyclic amines) is 1. The van der Waals surface area contributed by atoms with Crippen LogP contribution >= 0.6 is 0 Å². The molecule has 0 radical (unpaired) electrons. The van der Waals surface area contributed by atoms with E-state index in [4.69, 9.17) is 11.2 Å². The van der Waals surface area contributed by atoms with Crippen molar-refractivity contribution >= 4 is 11.6 Å². The second kappa shape index (κ2) is 8.28. The van der Waals surface area contributed by atoms with Gasteiger partial charge in [0.15, 0.2) is 5.66 Å². The van der Waals surface area contributed by atoms with Crippen molar-refractivity contribution in [3.05, 3.63) is 18.3 Å². The summed E-state index contributed by atoms with van der Waals surface area (Å²) in [4.78, 5) is 18.7. The van der Waals surface area contributed by atoms with Gasteiger partial charge in [0.2, 0.25) is 11.8 Å². The summed E-state index contributed by atoms with van der Waals surface area (Å²) in [6.07, 6.45) is 11.4. The molecule has 0 aliphatic carbocycles. The molecule has 1 N–H and O–H groups in total. The highest BCUT2D eigenvalue weighted by Crippen LogP contribution is 2.37. The number of piperidine rings is 1. The number of carbonyl (C=O) groups excluding carboxylic acids is 1. The normalized spacial score (nSPS) is 18.9. The third-order valence-electron chi connectivity index (χ3n) is 4.78. The van der Waals surface area contributed by atoms with Crippen LogP contribution in [0.3, 0.4) is 0 Å². The SMILES string of the molecule is C#CCCC1(CCC(=O)Nc2ccnc(OC3CCN(C)CC3)c2)N=N1. The van der Waals surface area contributed by atoms with Gasteiger partial charge in [-0.15, -0.1) is 12.3 Å². The molecule has 1 fully saturated rings. The summed E-state index contributed by atoms with van der Waals surface area (Å²) in [6, 6.07) is 3.54. The summed E-state index contributed by atoms with van der Waals surface area (Å²) in [5.74, 6) is 3.07. The zero-order valence-corrected chi connectivity index (χ0v) is 15.1. The average Bonchev–Trinajstić information content (AvgIpc) is 3.41. The number of amides is 1. The van der Waals surface area contributed by atoms with Crippen LogP contribution in [-0.2, 0) is 4.79 Å². The maximum Gasteiger partial charge on any atom is 0.224 e. The Hall–Kier alpha value is -2.46. The van der Waals surface area contributed by atoms with Gasteiger partial charge in [-0.05, 0) is 26.0 Å². The first-order valence-electron chi connectivity index (χ1n) is 9.07. The highest BCUT2D eigenvalue weighted by molar-refractivity contribution is 5.90. The summed E-state index contributed by atoms with van der Waals surface area (Å²) in [5.41, 5.74) is 0.264. The van der Waals surface area contributed by atoms with Gasteiger partial charge < -0.3 is 15.0 Å². The molecule has 138 valence electrons. The minimum atomic E-state index is -0.426. The van der Waals surface area contributed by atoms with E-state index in [0.29, 0.717) is 37.3 Å². The zero-order valence-electron chi connectivity index (χ0n) is 15.1. The van der Waals surface area contributed by atoms with Crippen molar-refractivity contribution in [2.75, 3.05) is 25.5 Å². The molecule has 0 bridgehead atoms. The topological polar surface area (TPSA) is 79.2 Å². The Morgan fingerprint density at radius 1 is 1.42 bits per heavy atom. The first kappa shape index (κ1) is 18.3. The van der Waals surface area contributed by atoms with Gasteiger partial charge in [-0.1, -0.05) is 0 Å². The first-order valence-corrected chi connectivity index (χ1v) is 9.07. The van der Waals surface area contributed by atoms with Gasteiger partial charge >= 0.3 is 0 Å². The van der Waals surface area contributed by atoms with Crippen molar-refractivity contribution in [1.29, 1.82) is 0 Å². The molecule has 1 saturated heterocycles. The predicted octanol–water partition coefficient (Wildman–Crippen LogP) is 2.85. The molecule has 3 heterocycles. The second-order valence-corrected chi connectivity index (χ2v) is 6.94. The fraction of sp³-hybridized carbons (Fsp3) is 0.579. The van der Waals surface area contributed by atoms with Gasteiger partial charge in [0.05, 0.1) is 0 Å². The molecule has 26 heavy (non-hydrogen) atoms. The fourth-order valence-corrected chi connectivity index (χ4v) is 3.03. The highest BCUT2D eigenvalue weighted by atomic mass is 16.5. The Bertz CT molecular complexity index is 698. The lowest BCUT2D eigenvalue weighted by Gasteiger charge is -2.28. The number of hydrogen-bond donors (Lipinski definition) is 1. The quantitative estimate of drug-likeness (QED) is 0.727. The number of anilines is 1. The Kier molecular flexibility index (Phi) is 5.84. The summed E-state index contributed by atoms with van der Waals surface area (Å²) < 4.78 is 5.96. The number of carbonyl (C=O) groups is 1. The van der Waals surface area contributed by atoms with E-state index in [-0.39, 0.29) is 12.0 Å². The third kappa shape index (κ3) is 5.27. The summed E-state index contributed by atoms with van der Waals surface area (Å²) >= 11 is 0. The molecule has 1 aromatic rings. The predicted molar refractivity (Wildman–Crippen MR) is 98.9 cm³/mol. The van der Waals surface area contributed by atoms with E-state index >= 15 is 0 Å². The fourth-order valence-electron chi connectivity index (χ4n) is 3.03. The smallest absolute Gasteiger partial charge is 0.224 e. The summed E-state index contributed by atoms with van der Waals surface area (Å²) in [7, 11) is 2.11. The van der Waals surface area contributed by atoms with Gasteiger partial charge in [-0.25, -0.2) is 4.98 Å². The van der Waals surface area contributed by atoms with Crippen molar-refractivity contribution in [1.82, 2.24) is 9.88 Å². The Balaban J connectivity index is 1.46. The molecule has 0 atom stereocenters. The molecule has 7 nitrogen and oxygen atoms in total. The van der Waals surface area contributed by atoms with Crippen molar-refractivity contribution in [2.24, 2.45) is 10.2 Å².